The number of allylic oxidation sites excluding steroid dienone is 18. The summed E-state index contributed by atoms with van der Waals surface area (Å²) >= 11 is 0. The van der Waals surface area contributed by atoms with Crippen LogP contribution in [0.15, 0.2) is 109 Å². The average Bonchev–Trinajstić information content (AvgIpc) is 3.36. The number of carbonyl (C=O) groups is 2. The first-order chi connectivity index (χ1) is 36.0. The maximum Gasteiger partial charge on any atom is 0.472 e. The molecule has 10 heteroatoms. The molecule has 0 radical (unpaired) electrons. The molecule has 0 amide bonds. The van der Waals surface area contributed by atoms with Crippen LogP contribution in [0, 0.1) is 0 Å². The standard InChI is InChI=1S/C64H110NO8P/c1-6-8-10-12-14-16-18-20-22-23-24-25-26-27-28-29-30-31-32-33-34-35-36-37-38-39-40-41-43-45-47-49-51-53-55-57-64(67)73-62(61-72-74(68,69)71-59-58-65(3,4)5)60-70-63(66)56-54-52-50-48-46-44-42-21-19-17-15-13-11-9-7-2/h8,10,14,16,20-22,24-25,27-28,30-31,33-34,36-37,42,62H,6-7,9,11-13,15,17-19,23,26,29,32,35,38-41,43-61H2,1-5H3/p+1/b10-8-,16-14-,22-20-,25-24-,28-27-,31-30-,34-33-,37-36-,42-21-. The first-order valence-electron chi connectivity index (χ1n) is 29.6. The number of carbonyl (C=O) groups excluding carboxylic acids is 2. The van der Waals surface area contributed by atoms with E-state index in [9.17, 15) is 19.0 Å². The van der Waals surface area contributed by atoms with Crippen molar-refractivity contribution in [3.05, 3.63) is 109 Å². The third-order valence-corrected chi connectivity index (χ3v) is 13.3. The van der Waals surface area contributed by atoms with E-state index in [0.717, 1.165) is 116 Å². The lowest BCUT2D eigenvalue weighted by Gasteiger charge is -2.24. The predicted molar refractivity (Wildman–Crippen MR) is 316 cm³/mol. The normalized spacial score (nSPS) is 14.1. The molecule has 0 heterocycles. The van der Waals surface area contributed by atoms with Crippen LogP contribution in [0.4, 0.5) is 0 Å². The molecule has 74 heavy (non-hydrogen) atoms. The molecule has 0 rings (SSSR count). The van der Waals surface area contributed by atoms with Gasteiger partial charge in [-0.1, -0.05) is 226 Å². The molecule has 0 bridgehead atoms. The van der Waals surface area contributed by atoms with Crippen LogP contribution in [0.5, 0.6) is 0 Å². The highest BCUT2D eigenvalue weighted by Crippen LogP contribution is 2.43. The van der Waals surface area contributed by atoms with Crippen LogP contribution in [-0.4, -0.2) is 74.9 Å². The molecule has 0 saturated carbocycles. The predicted octanol–water partition coefficient (Wildman–Crippen LogP) is 18.6. The van der Waals surface area contributed by atoms with Gasteiger partial charge in [-0.25, -0.2) is 4.57 Å². The zero-order chi connectivity index (χ0) is 54.2. The second-order valence-electron chi connectivity index (χ2n) is 20.6. The molecule has 424 valence electrons. The molecule has 0 aromatic carbocycles. The Morgan fingerprint density at radius 1 is 0.432 bits per heavy atom. The highest BCUT2D eigenvalue weighted by atomic mass is 31.2. The highest BCUT2D eigenvalue weighted by molar-refractivity contribution is 7.47. The van der Waals surface area contributed by atoms with Gasteiger partial charge in [0, 0.05) is 12.8 Å². The molecule has 0 spiro atoms. The molecule has 0 fully saturated rings. The topological polar surface area (TPSA) is 108 Å². The number of ether oxygens (including phenoxy) is 2. The number of likely N-dealkylation sites (N-methyl/N-ethyl adjacent to an activating group) is 1. The number of nitrogens with zero attached hydrogens (tertiary/aromatic N) is 1. The molecule has 0 saturated heterocycles. The number of esters is 2. The lowest BCUT2D eigenvalue weighted by atomic mass is 10.0. The number of phosphoric ester groups is 1. The first kappa shape index (κ1) is 70.7. The van der Waals surface area contributed by atoms with Gasteiger partial charge in [0.15, 0.2) is 6.10 Å². The Labute approximate surface area is 455 Å². The van der Waals surface area contributed by atoms with Crippen molar-refractivity contribution in [3.63, 3.8) is 0 Å². The Kier molecular flexibility index (Phi) is 52.0. The van der Waals surface area contributed by atoms with Gasteiger partial charge in [-0.2, -0.15) is 0 Å². The lowest BCUT2D eigenvalue weighted by molar-refractivity contribution is -0.870. The summed E-state index contributed by atoms with van der Waals surface area (Å²) in [6.07, 6.45) is 75.9. The van der Waals surface area contributed by atoms with Gasteiger partial charge < -0.3 is 18.9 Å². The maximum absolute atomic E-state index is 12.8. The van der Waals surface area contributed by atoms with E-state index < -0.39 is 26.5 Å². The smallest absolute Gasteiger partial charge is 0.462 e. The van der Waals surface area contributed by atoms with Crippen molar-refractivity contribution in [1.82, 2.24) is 0 Å². The summed E-state index contributed by atoms with van der Waals surface area (Å²) in [4.78, 5) is 35.6. The molecule has 0 aromatic rings. The molecule has 9 nitrogen and oxygen atoms in total. The van der Waals surface area contributed by atoms with Gasteiger partial charge in [0.2, 0.25) is 0 Å². The molecule has 2 atom stereocenters. The SMILES string of the molecule is CC/C=C\C/C=C\C/C=C\C/C=C\C/C=C\C/C=C\C/C=C\C/C=C\CCCCCCCCCCCCC(=O)OC(COC(=O)CCCCCCC/C=C\CCCCCCCC)COP(=O)(O)OCC[N+](C)(C)C. The van der Waals surface area contributed by atoms with Gasteiger partial charge in [-0.3, -0.25) is 18.6 Å². The van der Waals surface area contributed by atoms with Crippen molar-refractivity contribution < 1.29 is 42.1 Å². The largest absolute Gasteiger partial charge is 0.472 e. The maximum atomic E-state index is 12.8. The quantitative estimate of drug-likeness (QED) is 0.0211. The number of unbranched alkanes of at least 4 members (excludes halogenated alkanes) is 21. The second kappa shape index (κ2) is 54.5. The van der Waals surface area contributed by atoms with Gasteiger partial charge in [-0.05, 0) is 103 Å². The molecule has 0 aliphatic rings. The minimum atomic E-state index is -4.39. The lowest BCUT2D eigenvalue weighted by Crippen LogP contribution is -2.37. The van der Waals surface area contributed by atoms with Crippen LogP contribution >= 0.6 is 7.82 Å². The van der Waals surface area contributed by atoms with E-state index in [4.69, 9.17) is 18.5 Å². The Balaban J connectivity index is 4.14. The van der Waals surface area contributed by atoms with Crippen LogP contribution in [0.1, 0.15) is 232 Å². The molecule has 0 aliphatic carbocycles. The highest BCUT2D eigenvalue weighted by Gasteiger charge is 2.27. The van der Waals surface area contributed by atoms with Crippen LogP contribution in [0.3, 0.4) is 0 Å². The van der Waals surface area contributed by atoms with Crippen molar-refractivity contribution in [2.75, 3.05) is 47.5 Å². The van der Waals surface area contributed by atoms with Gasteiger partial charge >= 0.3 is 19.8 Å². The molecule has 2 unspecified atom stereocenters. The van der Waals surface area contributed by atoms with Crippen LogP contribution in [-0.2, 0) is 32.7 Å². The summed E-state index contributed by atoms with van der Waals surface area (Å²) < 4.78 is 34.5. The van der Waals surface area contributed by atoms with Gasteiger partial charge in [-0.15, -0.1) is 0 Å². The van der Waals surface area contributed by atoms with Crippen LogP contribution in [0.25, 0.3) is 0 Å². The van der Waals surface area contributed by atoms with Crippen LogP contribution < -0.4 is 0 Å². The van der Waals surface area contributed by atoms with E-state index in [1.165, 1.54) is 83.5 Å². The molecular formula is C64H111NO8P+. The van der Waals surface area contributed by atoms with E-state index >= 15 is 0 Å². The van der Waals surface area contributed by atoms with Crippen molar-refractivity contribution in [2.45, 2.75) is 238 Å². The van der Waals surface area contributed by atoms with E-state index in [1.807, 2.05) is 21.1 Å². The van der Waals surface area contributed by atoms with Crippen molar-refractivity contribution in [1.29, 1.82) is 0 Å². The Hall–Kier alpha value is -3.33. The minimum Gasteiger partial charge on any atom is -0.462 e. The summed E-state index contributed by atoms with van der Waals surface area (Å²) in [5.74, 6) is -0.816. The second-order valence-corrected chi connectivity index (χ2v) is 22.1. The van der Waals surface area contributed by atoms with Gasteiger partial charge in [0.25, 0.3) is 0 Å². The Bertz CT molecular complexity index is 1620. The summed E-state index contributed by atoms with van der Waals surface area (Å²) in [5.41, 5.74) is 0. The number of hydrogen-bond donors (Lipinski definition) is 1. The molecule has 0 aromatic heterocycles. The Morgan fingerprint density at radius 2 is 0.770 bits per heavy atom. The minimum absolute atomic E-state index is 0.0251. The molecule has 1 N–H and O–H groups in total. The molecular weight excluding hydrogens is 942 g/mol. The average molecular weight is 1050 g/mol. The van der Waals surface area contributed by atoms with Crippen molar-refractivity contribution >= 4 is 19.8 Å². The van der Waals surface area contributed by atoms with E-state index in [1.54, 1.807) is 0 Å². The fraction of sp³-hybridized carbons (Fsp3) is 0.688. The van der Waals surface area contributed by atoms with Crippen LogP contribution in [0.2, 0.25) is 0 Å². The summed E-state index contributed by atoms with van der Waals surface area (Å²) in [6, 6.07) is 0. The van der Waals surface area contributed by atoms with E-state index in [2.05, 4.69) is 123 Å². The third-order valence-electron chi connectivity index (χ3n) is 12.3. The summed E-state index contributed by atoms with van der Waals surface area (Å²) in [7, 11) is 1.46. The zero-order valence-corrected chi connectivity index (χ0v) is 48.9. The number of quaternary nitrogens is 1. The fourth-order valence-corrected chi connectivity index (χ4v) is 8.47. The molecule has 0 aliphatic heterocycles. The van der Waals surface area contributed by atoms with E-state index in [-0.39, 0.29) is 32.0 Å². The van der Waals surface area contributed by atoms with E-state index in [0.29, 0.717) is 17.4 Å². The summed E-state index contributed by atoms with van der Waals surface area (Å²) in [6.45, 7) is 4.29. The monoisotopic (exact) mass is 1050 g/mol. The number of phosphoric acid groups is 1. The summed E-state index contributed by atoms with van der Waals surface area (Å²) in [5, 5.41) is 0. The van der Waals surface area contributed by atoms with Gasteiger partial charge in [0.1, 0.15) is 19.8 Å². The first-order valence-corrected chi connectivity index (χ1v) is 31.1. The van der Waals surface area contributed by atoms with Crippen molar-refractivity contribution in [2.24, 2.45) is 0 Å². The van der Waals surface area contributed by atoms with Crippen molar-refractivity contribution in [3.8, 4) is 0 Å². The zero-order valence-electron chi connectivity index (χ0n) is 48.0. The number of hydrogen-bond acceptors (Lipinski definition) is 7. The third kappa shape index (κ3) is 57.9. The Morgan fingerprint density at radius 3 is 1.16 bits per heavy atom. The number of rotatable bonds is 53. The van der Waals surface area contributed by atoms with Gasteiger partial charge in [0.05, 0.1) is 27.7 Å². The fourth-order valence-electron chi connectivity index (χ4n) is 7.73.